The number of aromatic nitrogens is 2. The molecule has 0 aliphatic carbocycles. The number of anilines is 1. The number of benzene rings is 1. The summed E-state index contributed by atoms with van der Waals surface area (Å²) in [7, 11) is 1.76. The quantitative estimate of drug-likeness (QED) is 0.852. The first kappa shape index (κ1) is 11.9. The number of amides is 1. The highest BCUT2D eigenvalue weighted by Gasteiger charge is 2.12. The summed E-state index contributed by atoms with van der Waals surface area (Å²) in [5.74, 6) is -0.135. The van der Waals surface area contributed by atoms with Crippen molar-refractivity contribution in [3.63, 3.8) is 0 Å². The number of carbonyl (C=O) groups excluding carboxylic acids is 1. The van der Waals surface area contributed by atoms with Crippen LogP contribution < -0.4 is 10.6 Å². The van der Waals surface area contributed by atoms with E-state index < -0.39 is 0 Å². The molecular formula is C14H16N4O. The minimum atomic E-state index is -0.135. The number of hydrogen-bond acceptors (Lipinski definition) is 3. The molecule has 5 heteroatoms. The van der Waals surface area contributed by atoms with E-state index in [1.165, 1.54) is 11.1 Å². The minimum Gasteiger partial charge on any atom is -0.321 e. The highest BCUT2D eigenvalue weighted by molar-refractivity contribution is 6.03. The van der Waals surface area contributed by atoms with Crippen molar-refractivity contribution < 1.29 is 4.79 Å². The number of hydrogen-bond donors (Lipinski definition) is 2. The van der Waals surface area contributed by atoms with Crippen LogP contribution in [0.25, 0.3) is 0 Å². The Labute approximate surface area is 111 Å². The average molecular weight is 256 g/mol. The third-order valence-electron chi connectivity index (χ3n) is 3.40. The number of fused-ring (bicyclic) bond motifs is 1. The van der Waals surface area contributed by atoms with Crippen LogP contribution in [-0.2, 0) is 20.0 Å². The van der Waals surface area contributed by atoms with Gasteiger partial charge in [-0.1, -0.05) is 6.07 Å². The lowest BCUT2D eigenvalue weighted by Gasteiger charge is -2.18. The summed E-state index contributed by atoms with van der Waals surface area (Å²) in [4.78, 5) is 12.1. The summed E-state index contributed by atoms with van der Waals surface area (Å²) in [5, 5.41) is 10.2. The summed E-state index contributed by atoms with van der Waals surface area (Å²) in [6.07, 6.45) is 2.66. The summed E-state index contributed by atoms with van der Waals surface area (Å²) in [6, 6.07) is 7.79. The molecule has 0 saturated carbocycles. The standard InChI is InChI=1S/C14H16N4O/c1-18-13(5-7-16-18)14(19)17-12-3-2-10-4-6-15-9-11(10)8-12/h2-3,5,7-8,15H,4,6,9H2,1H3,(H,17,19). The highest BCUT2D eigenvalue weighted by atomic mass is 16.2. The Morgan fingerprint density at radius 1 is 1.37 bits per heavy atom. The molecule has 98 valence electrons. The van der Waals surface area contributed by atoms with E-state index in [0.29, 0.717) is 5.69 Å². The van der Waals surface area contributed by atoms with Crippen LogP contribution >= 0.6 is 0 Å². The summed E-state index contributed by atoms with van der Waals surface area (Å²) >= 11 is 0. The van der Waals surface area contributed by atoms with Gasteiger partial charge in [-0.3, -0.25) is 9.48 Å². The lowest BCUT2D eigenvalue weighted by molar-refractivity contribution is 0.101. The van der Waals surface area contributed by atoms with Gasteiger partial charge >= 0.3 is 0 Å². The van der Waals surface area contributed by atoms with Crippen LogP contribution in [-0.4, -0.2) is 22.2 Å². The number of carbonyl (C=O) groups is 1. The highest BCUT2D eigenvalue weighted by Crippen LogP contribution is 2.19. The van der Waals surface area contributed by atoms with Gasteiger partial charge < -0.3 is 10.6 Å². The van der Waals surface area contributed by atoms with Crippen molar-refractivity contribution >= 4 is 11.6 Å². The van der Waals surface area contributed by atoms with Crippen molar-refractivity contribution in [2.24, 2.45) is 7.05 Å². The monoisotopic (exact) mass is 256 g/mol. The molecule has 2 heterocycles. The molecule has 0 bridgehead atoms. The molecule has 1 aromatic heterocycles. The van der Waals surface area contributed by atoms with Crippen molar-refractivity contribution in [1.29, 1.82) is 0 Å². The van der Waals surface area contributed by atoms with Gasteiger partial charge in [0, 0.05) is 25.5 Å². The number of aryl methyl sites for hydroxylation is 1. The number of rotatable bonds is 2. The van der Waals surface area contributed by atoms with Crippen molar-refractivity contribution in [3.05, 3.63) is 47.3 Å². The predicted octanol–water partition coefficient (Wildman–Crippen LogP) is 1.32. The molecule has 2 N–H and O–H groups in total. The lowest BCUT2D eigenvalue weighted by atomic mass is 10.0. The third-order valence-corrected chi connectivity index (χ3v) is 3.40. The molecule has 2 aromatic rings. The van der Waals surface area contributed by atoms with Crippen LogP contribution in [0.1, 0.15) is 21.6 Å². The SMILES string of the molecule is Cn1nccc1C(=O)Nc1ccc2c(c1)CNCC2. The Morgan fingerprint density at radius 3 is 3.05 bits per heavy atom. The maximum Gasteiger partial charge on any atom is 0.273 e. The minimum absolute atomic E-state index is 0.135. The Balaban J connectivity index is 1.80. The number of nitrogens with zero attached hydrogens (tertiary/aromatic N) is 2. The van der Waals surface area contributed by atoms with Gasteiger partial charge in [-0.15, -0.1) is 0 Å². The molecule has 1 aromatic carbocycles. The first-order chi connectivity index (χ1) is 9.24. The van der Waals surface area contributed by atoms with Crippen LogP contribution in [0.2, 0.25) is 0 Å². The van der Waals surface area contributed by atoms with E-state index in [2.05, 4.69) is 21.8 Å². The van der Waals surface area contributed by atoms with Crippen molar-refractivity contribution in [1.82, 2.24) is 15.1 Å². The fourth-order valence-corrected chi connectivity index (χ4v) is 2.35. The largest absolute Gasteiger partial charge is 0.321 e. The molecule has 3 rings (SSSR count). The van der Waals surface area contributed by atoms with Crippen LogP contribution in [0, 0.1) is 0 Å². The van der Waals surface area contributed by atoms with E-state index in [1.807, 2.05) is 12.1 Å². The maximum absolute atomic E-state index is 12.1. The summed E-state index contributed by atoms with van der Waals surface area (Å²) < 4.78 is 1.56. The van der Waals surface area contributed by atoms with Gasteiger partial charge in [0.1, 0.15) is 5.69 Å². The van der Waals surface area contributed by atoms with E-state index >= 15 is 0 Å². The van der Waals surface area contributed by atoms with Gasteiger partial charge in [-0.05, 0) is 42.3 Å². The van der Waals surface area contributed by atoms with Crippen molar-refractivity contribution in [2.75, 3.05) is 11.9 Å². The second kappa shape index (κ2) is 4.85. The van der Waals surface area contributed by atoms with Crippen molar-refractivity contribution in [3.8, 4) is 0 Å². The fraction of sp³-hybridized carbons (Fsp3) is 0.286. The Morgan fingerprint density at radius 2 is 2.26 bits per heavy atom. The molecule has 0 radical (unpaired) electrons. The smallest absolute Gasteiger partial charge is 0.273 e. The van der Waals surface area contributed by atoms with Gasteiger partial charge in [-0.2, -0.15) is 5.10 Å². The topological polar surface area (TPSA) is 59.0 Å². The van der Waals surface area contributed by atoms with Crippen LogP contribution in [0.3, 0.4) is 0 Å². The molecule has 0 saturated heterocycles. The van der Waals surface area contributed by atoms with Gasteiger partial charge in [0.05, 0.1) is 0 Å². The van der Waals surface area contributed by atoms with Gasteiger partial charge in [-0.25, -0.2) is 0 Å². The molecule has 0 unspecified atom stereocenters. The first-order valence-electron chi connectivity index (χ1n) is 6.36. The molecule has 0 atom stereocenters. The summed E-state index contributed by atoms with van der Waals surface area (Å²) in [5.41, 5.74) is 4.00. The van der Waals surface area contributed by atoms with Crippen LogP contribution in [0.5, 0.6) is 0 Å². The zero-order valence-corrected chi connectivity index (χ0v) is 10.8. The van der Waals surface area contributed by atoms with E-state index in [0.717, 1.165) is 25.2 Å². The molecular weight excluding hydrogens is 240 g/mol. The van der Waals surface area contributed by atoms with Crippen molar-refractivity contribution in [2.45, 2.75) is 13.0 Å². The van der Waals surface area contributed by atoms with Gasteiger partial charge in [0.15, 0.2) is 0 Å². The zero-order valence-electron chi connectivity index (χ0n) is 10.8. The third kappa shape index (κ3) is 2.37. The normalized spacial score (nSPS) is 13.9. The Bertz CT molecular complexity index is 618. The molecule has 1 aliphatic rings. The molecule has 19 heavy (non-hydrogen) atoms. The molecule has 0 spiro atoms. The van der Waals surface area contributed by atoms with Gasteiger partial charge in [0.25, 0.3) is 5.91 Å². The zero-order chi connectivity index (χ0) is 13.2. The Hall–Kier alpha value is -2.14. The van der Waals surface area contributed by atoms with E-state index in [-0.39, 0.29) is 5.91 Å². The van der Waals surface area contributed by atoms with Crippen LogP contribution in [0.4, 0.5) is 5.69 Å². The fourth-order valence-electron chi connectivity index (χ4n) is 2.35. The van der Waals surface area contributed by atoms with Crippen LogP contribution in [0.15, 0.2) is 30.5 Å². The lowest BCUT2D eigenvalue weighted by Crippen LogP contribution is -2.24. The number of nitrogens with one attached hydrogen (secondary N) is 2. The summed E-state index contributed by atoms with van der Waals surface area (Å²) in [6.45, 7) is 1.89. The molecule has 1 aliphatic heterocycles. The predicted molar refractivity (Wildman–Crippen MR) is 73.0 cm³/mol. The Kier molecular flexibility index (Phi) is 3.05. The first-order valence-corrected chi connectivity index (χ1v) is 6.36. The average Bonchev–Trinajstić information content (AvgIpc) is 2.85. The van der Waals surface area contributed by atoms with E-state index in [4.69, 9.17) is 0 Å². The molecule has 1 amide bonds. The second-order valence-corrected chi connectivity index (χ2v) is 4.70. The second-order valence-electron chi connectivity index (χ2n) is 4.70. The molecule has 5 nitrogen and oxygen atoms in total. The van der Waals surface area contributed by atoms with E-state index in [1.54, 1.807) is 24.0 Å². The molecule has 0 fully saturated rings. The maximum atomic E-state index is 12.1. The van der Waals surface area contributed by atoms with Gasteiger partial charge in [0.2, 0.25) is 0 Å². The van der Waals surface area contributed by atoms with E-state index in [9.17, 15) is 4.79 Å².